The molecule has 0 fully saturated rings. The van der Waals surface area contributed by atoms with Crippen molar-refractivity contribution >= 4 is 32.3 Å². The summed E-state index contributed by atoms with van der Waals surface area (Å²) in [5.74, 6) is 0. The molecule has 0 radical (unpaired) electrons. The molecule has 0 saturated heterocycles. The first-order chi connectivity index (χ1) is 16.9. The van der Waals surface area contributed by atoms with E-state index in [1.807, 2.05) is 18.3 Å². The number of aromatic nitrogens is 1. The van der Waals surface area contributed by atoms with Crippen molar-refractivity contribution in [1.82, 2.24) is 4.98 Å². The van der Waals surface area contributed by atoms with Crippen molar-refractivity contribution in [3.8, 4) is 33.5 Å². The third kappa shape index (κ3) is 2.91. The van der Waals surface area contributed by atoms with Gasteiger partial charge in [-0.25, -0.2) is 0 Å². The lowest BCUT2D eigenvalue weighted by Crippen LogP contribution is -1.91. The Bertz CT molecular complexity index is 1750. The molecule has 0 bridgehead atoms. The number of nitrogens with zero attached hydrogens (tertiary/aromatic N) is 1. The van der Waals surface area contributed by atoms with Crippen LogP contribution in [0, 0.1) is 0 Å². The van der Waals surface area contributed by atoms with Gasteiger partial charge < -0.3 is 0 Å². The summed E-state index contributed by atoms with van der Waals surface area (Å²) in [4.78, 5) is 4.51. The van der Waals surface area contributed by atoms with Crippen molar-refractivity contribution in [1.29, 1.82) is 0 Å². The standard InChI is InChI=1S/C33H21N/c1-2-7-22(8-3-1)29-21-30(23-12-14-24(15-13-23)31-11-4-5-20-34-31)28-19-17-26-10-6-9-25-16-18-27(29)33(28)32(25)26/h1-21H. The highest BCUT2D eigenvalue weighted by Crippen LogP contribution is 2.44. The molecule has 0 amide bonds. The van der Waals surface area contributed by atoms with Gasteiger partial charge in [0.2, 0.25) is 0 Å². The van der Waals surface area contributed by atoms with Gasteiger partial charge in [0.1, 0.15) is 0 Å². The Hall–Kier alpha value is -4.49. The van der Waals surface area contributed by atoms with Crippen LogP contribution in [-0.2, 0) is 0 Å². The van der Waals surface area contributed by atoms with Gasteiger partial charge >= 0.3 is 0 Å². The van der Waals surface area contributed by atoms with Crippen LogP contribution in [0.3, 0.4) is 0 Å². The maximum atomic E-state index is 4.51. The van der Waals surface area contributed by atoms with E-state index in [1.54, 1.807) is 0 Å². The third-order valence-electron chi connectivity index (χ3n) is 6.89. The fraction of sp³-hybridized carbons (Fsp3) is 0. The van der Waals surface area contributed by atoms with Gasteiger partial charge in [-0.3, -0.25) is 4.98 Å². The van der Waals surface area contributed by atoms with Gasteiger partial charge in [0.15, 0.2) is 0 Å². The highest BCUT2D eigenvalue weighted by atomic mass is 14.7. The second-order valence-corrected chi connectivity index (χ2v) is 8.81. The summed E-state index contributed by atoms with van der Waals surface area (Å²) < 4.78 is 0. The number of hydrogen-bond acceptors (Lipinski definition) is 1. The average Bonchev–Trinajstić information content (AvgIpc) is 2.92. The van der Waals surface area contributed by atoms with E-state index >= 15 is 0 Å². The van der Waals surface area contributed by atoms with E-state index in [-0.39, 0.29) is 0 Å². The predicted molar refractivity (Wildman–Crippen MR) is 144 cm³/mol. The van der Waals surface area contributed by atoms with E-state index in [0.717, 1.165) is 11.3 Å². The van der Waals surface area contributed by atoms with Crippen LogP contribution >= 0.6 is 0 Å². The number of hydrogen-bond donors (Lipinski definition) is 0. The minimum Gasteiger partial charge on any atom is -0.256 e. The Balaban J connectivity index is 1.54. The van der Waals surface area contributed by atoms with Crippen LogP contribution in [0.15, 0.2) is 128 Å². The van der Waals surface area contributed by atoms with Gasteiger partial charge in [-0.2, -0.15) is 0 Å². The number of benzene rings is 6. The molecule has 34 heavy (non-hydrogen) atoms. The van der Waals surface area contributed by atoms with Crippen LogP contribution in [0.2, 0.25) is 0 Å². The van der Waals surface area contributed by atoms with Crippen LogP contribution in [0.5, 0.6) is 0 Å². The van der Waals surface area contributed by atoms with Gasteiger partial charge in [-0.05, 0) is 72.8 Å². The quantitative estimate of drug-likeness (QED) is 0.254. The maximum Gasteiger partial charge on any atom is 0.0701 e. The zero-order valence-corrected chi connectivity index (χ0v) is 18.6. The van der Waals surface area contributed by atoms with Crippen LogP contribution in [-0.4, -0.2) is 4.98 Å². The minimum absolute atomic E-state index is 0.995. The topological polar surface area (TPSA) is 12.9 Å². The van der Waals surface area contributed by atoms with Crippen molar-refractivity contribution in [2.75, 3.05) is 0 Å². The zero-order valence-electron chi connectivity index (χ0n) is 18.6. The van der Waals surface area contributed by atoms with E-state index in [9.17, 15) is 0 Å². The lowest BCUT2D eigenvalue weighted by molar-refractivity contribution is 1.33. The molecule has 0 aliphatic heterocycles. The maximum absolute atomic E-state index is 4.51. The van der Waals surface area contributed by atoms with Crippen LogP contribution in [0.1, 0.15) is 0 Å². The largest absolute Gasteiger partial charge is 0.256 e. The number of rotatable bonds is 3. The van der Waals surface area contributed by atoms with Gasteiger partial charge in [0.25, 0.3) is 0 Å². The van der Waals surface area contributed by atoms with Crippen molar-refractivity contribution in [2.24, 2.45) is 0 Å². The molecule has 158 valence electrons. The minimum atomic E-state index is 0.995. The highest BCUT2D eigenvalue weighted by Gasteiger charge is 2.16. The number of pyridine rings is 1. The molecule has 6 aromatic carbocycles. The normalized spacial score (nSPS) is 11.5. The van der Waals surface area contributed by atoms with Crippen molar-refractivity contribution in [2.45, 2.75) is 0 Å². The Morgan fingerprint density at radius 3 is 1.68 bits per heavy atom. The average molecular weight is 432 g/mol. The van der Waals surface area contributed by atoms with Gasteiger partial charge in [0, 0.05) is 11.8 Å². The molecule has 1 heterocycles. The van der Waals surface area contributed by atoms with Crippen LogP contribution in [0.4, 0.5) is 0 Å². The second kappa shape index (κ2) is 7.54. The third-order valence-corrected chi connectivity index (χ3v) is 6.89. The molecule has 7 aromatic rings. The SMILES string of the molecule is c1ccc(-c2cc(-c3ccc(-c4ccccn4)cc3)c3ccc4cccc5ccc2c3c54)cc1. The van der Waals surface area contributed by atoms with Gasteiger partial charge in [0.05, 0.1) is 5.69 Å². The first-order valence-electron chi connectivity index (χ1n) is 11.6. The summed E-state index contributed by atoms with van der Waals surface area (Å²) in [6.07, 6.45) is 1.84. The fourth-order valence-corrected chi connectivity index (χ4v) is 5.28. The highest BCUT2D eigenvalue weighted by molar-refractivity contribution is 6.28. The molecule has 7 rings (SSSR count). The van der Waals surface area contributed by atoms with Crippen molar-refractivity contribution < 1.29 is 0 Å². The Kier molecular flexibility index (Phi) is 4.22. The molecule has 0 N–H and O–H groups in total. The van der Waals surface area contributed by atoms with E-state index in [0.29, 0.717) is 0 Å². The second-order valence-electron chi connectivity index (χ2n) is 8.81. The molecule has 0 atom stereocenters. The summed E-state index contributed by atoms with van der Waals surface area (Å²) >= 11 is 0. The summed E-state index contributed by atoms with van der Waals surface area (Å²) in [6, 6.07) is 43.7. The Morgan fingerprint density at radius 1 is 0.412 bits per heavy atom. The molecule has 0 aliphatic carbocycles. The fourth-order valence-electron chi connectivity index (χ4n) is 5.28. The monoisotopic (exact) mass is 431 g/mol. The molecule has 1 heteroatoms. The summed E-state index contributed by atoms with van der Waals surface area (Å²) in [7, 11) is 0. The molecular formula is C33H21N. The molecule has 0 aliphatic rings. The Morgan fingerprint density at radius 2 is 1.03 bits per heavy atom. The predicted octanol–water partition coefficient (Wildman–Crippen LogP) is 8.98. The molecule has 1 nitrogen and oxygen atoms in total. The first kappa shape index (κ1) is 19.0. The van der Waals surface area contributed by atoms with Crippen LogP contribution < -0.4 is 0 Å². The van der Waals surface area contributed by atoms with Crippen molar-refractivity contribution in [3.05, 3.63) is 128 Å². The summed E-state index contributed by atoms with van der Waals surface area (Å²) in [6.45, 7) is 0. The molecule has 0 unspecified atom stereocenters. The molecule has 1 aromatic heterocycles. The Labute approximate surface area is 198 Å². The smallest absolute Gasteiger partial charge is 0.0701 e. The molecule has 0 spiro atoms. The van der Waals surface area contributed by atoms with Gasteiger partial charge in [-0.1, -0.05) is 103 Å². The summed E-state index contributed by atoms with van der Waals surface area (Å²) in [5, 5.41) is 7.88. The van der Waals surface area contributed by atoms with Gasteiger partial charge in [-0.15, -0.1) is 0 Å². The van der Waals surface area contributed by atoms with E-state index in [2.05, 4.69) is 114 Å². The zero-order chi connectivity index (χ0) is 22.5. The summed E-state index contributed by atoms with van der Waals surface area (Å²) in [5.41, 5.74) is 7.12. The lowest BCUT2D eigenvalue weighted by Gasteiger charge is -2.18. The molecule has 0 saturated carbocycles. The van der Waals surface area contributed by atoms with E-state index < -0.39 is 0 Å². The molecular weight excluding hydrogens is 410 g/mol. The van der Waals surface area contributed by atoms with Crippen LogP contribution in [0.25, 0.3) is 65.8 Å². The van der Waals surface area contributed by atoms with Crippen molar-refractivity contribution in [3.63, 3.8) is 0 Å². The first-order valence-corrected chi connectivity index (χ1v) is 11.6. The van der Waals surface area contributed by atoms with E-state index in [4.69, 9.17) is 0 Å². The van der Waals surface area contributed by atoms with E-state index in [1.165, 1.54) is 54.6 Å². The lowest BCUT2D eigenvalue weighted by atomic mass is 9.85.